The van der Waals surface area contributed by atoms with Crippen molar-refractivity contribution in [3.63, 3.8) is 0 Å². The molecule has 180 valence electrons. The number of benzene rings is 1. The van der Waals surface area contributed by atoms with E-state index in [0.29, 0.717) is 32.7 Å². The molecular weight excluding hydrogens is 424 g/mol. The molecule has 1 atom stereocenters. The van der Waals surface area contributed by atoms with Crippen LogP contribution >= 0.6 is 0 Å². The van der Waals surface area contributed by atoms with Gasteiger partial charge < -0.3 is 10.2 Å². The van der Waals surface area contributed by atoms with Gasteiger partial charge in [0.05, 0.1) is 5.92 Å². The Morgan fingerprint density at radius 3 is 2.50 bits per heavy atom. The first-order valence-electron chi connectivity index (χ1n) is 12.3. The number of carbonyl (C=O) groups is 1. The van der Waals surface area contributed by atoms with Crippen LogP contribution in [-0.2, 0) is 15.0 Å². The van der Waals surface area contributed by atoms with Crippen LogP contribution in [-0.4, -0.2) is 68.7 Å². The summed E-state index contributed by atoms with van der Waals surface area (Å²) in [4.78, 5) is 15.1. The predicted molar refractivity (Wildman–Crippen MR) is 130 cm³/mol. The number of aryl methyl sites for hydroxylation is 1. The van der Waals surface area contributed by atoms with E-state index >= 15 is 0 Å². The van der Waals surface area contributed by atoms with Gasteiger partial charge in [0.1, 0.15) is 0 Å². The molecule has 1 amide bonds. The Morgan fingerprint density at radius 1 is 1.09 bits per heavy atom. The average molecular weight is 465 g/mol. The van der Waals surface area contributed by atoms with Gasteiger partial charge in [0, 0.05) is 51.5 Å². The maximum absolute atomic E-state index is 13.1. The van der Waals surface area contributed by atoms with E-state index in [1.165, 1.54) is 11.3 Å². The van der Waals surface area contributed by atoms with Gasteiger partial charge in [-0.2, -0.15) is 17.0 Å². The van der Waals surface area contributed by atoms with Gasteiger partial charge in [0.25, 0.3) is 10.2 Å². The number of nitrogens with zero attached hydrogens (tertiary/aromatic N) is 3. The van der Waals surface area contributed by atoms with Gasteiger partial charge in [-0.3, -0.25) is 4.79 Å². The van der Waals surface area contributed by atoms with Gasteiger partial charge in [-0.25, -0.2) is 0 Å². The summed E-state index contributed by atoms with van der Waals surface area (Å²) < 4.78 is 29.4. The number of amides is 1. The van der Waals surface area contributed by atoms with Gasteiger partial charge >= 0.3 is 0 Å². The molecule has 1 N–H and O–H groups in total. The molecule has 1 unspecified atom stereocenters. The molecular formula is C24H40N4O3S. The first kappa shape index (κ1) is 25.0. The molecule has 7 nitrogen and oxygen atoms in total. The van der Waals surface area contributed by atoms with Gasteiger partial charge in [0.15, 0.2) is 0 Å². The molecule has 0 saturated carbocycles. The van der Waals surface area contributed by atoms with E-state index in [1.54, 1.807) is 8.61 Å². The summed E-state index contributed by atoms with van der Waals surface area (Å²) in [6, 6.07) is 8.47. The molecule has 2 aliphatic rings. The van der Waals surface area contributed by atoms with Crippen LogP contribution in [0.2, 0.25) is 0 Å². The van der Waals surface area contributed by atoms with Gasteiger partial charge in [0.2, 0.25) is 5.91 Å². The molecule has 0 spiro atoms. The van der Waals surface area contributed by atoms with Crippen LogP contribution in [0.4, 0.5) is 5.69 Å². The normalized spacial score (nSPS) is 21.1. The third-order valence-electron chi connectivity index (χ3n) is 6.63. The van der Waals surface area contributed by atoms with Crippen molar-refractivity contribution in [3.05, 3.63) is 29.8 Å². The zero-order chi connectivity index (χ0) is 23.0. The molecule has 32 heavy (non-hydrogen) atoms. The van der Waals surface area contributed by atoms with Crippen molar-refractivity contribution in [2.75, 3.05) is 50.7 Å². The molecule has 2 aliphatic heterocycles. The Bertz CT molecular complexity index is 837. The maximum atomic E-state index is 13.1. The van der Waals surface area contributed by atoms with Crippen LogP contribution in [0.15, 0.2) is 24.3 Å². The number of nitrogens with one attached hydrogen (secondary N) is 1. The summed E-state index contributed by atoms with van der Waals surface area (Å²) in [6.07, 6.45) is 6.38. The highest BCUT2D eigenvalue weighted by Gasteiger charge is 2.35. The molecule has 2 fully saturated rings. The highest BCUT2D eigenvalue weighted by molar-refractivity contribution is 7.86. The molecule has 1 aromatic rings. The molecule has 8 heteroatoms. The fourth-order valence-corrected chi connectivity index (χ4v) is 6.50. The van der Waals surface area contributed by atoms with E-state index in [1.807, 2.05) is 0 Å². The molecule has 0 bridgehead atoms. The lowest BCUT2D eigenvalue weighted by atomic mass is 9.99. The van der Waals surface area contributed by atoms with E-state index in [2.05, 4.69) is 48.3 Å². The molecule has 2 saturated heterocycles. The fraction of sp³-hybridized carbons (Fsp3) is 0.708. The number of hydrogen-bond acceptors (Lipinski definition) is 4. The van der Waals surface area contributed by atoms with Crippen LogP contribution in [0.1, 0.15) is 57.4 Å². The second kappa shape index (κ2) is 12.0. The minimum atomic E-state index is -3.47. The van der Waals surface area contributed by atoms with Crippen LogP contribution in [0.25, 0.3) is 0 Å². The van der Waals surface area contributed by atoms with Crippen molar-refractivity contribution in [1.82, 2.24) is 13.9 Å². The van der Waals surface area contributed by atoms with Crippen LogP contribution in [0.3, 0.4) is 0 Å². The number of anilines is 1. The zero-order valence-electron chi connectivity index (χ0n) is 19.8. The van der Waals surface area contributed by atoms with Crippen LogP contribution in [0.5, 0.6) is 0 Å². The van der Waals surface area contributed by atoms with E-state index in [9.17, 15) is 13.2 Å². The summed E-state index contributed by atoms with van der Waals surface area (Å²) in [6.45, 7) is 8.66. The third kappa shape index (κ3) is 6.68. The zero-order valence-corrected chi connectivity index (χ0v) is 20.6. The first-order chi connectivity index (χ1) is 15.4. The Labute approximate surface area is 194 Å². The minimum Gasteiger partial charge on any atom is -0.372 e. The lowest BCUT2D eigenvalue weighted by molar-refractivity contribution is -0.126. The van der Waals surface area contributed by atoms with E-state index in [4.69, 9.17) is 0 Å². The van der Waals surface area contributed by atoms with Gasteiger partial charge in [-0.1, -0.05) is 25.0 Å². The minimum absolute atomic E-state index is 0.0145. The molecule has 0 radical (unpaired) electrons. The first-order valence-corrected chi connectivity index (χ1v) is 13.7. The third-order valence-corrected chi connectivity index (χ3v) is 8.63. The highest BCUT2D eigenvalue weighted by Crippen LogP contribution is 2.23. The summed E-state index contributed by atoms with van der Waals surface area (Å²) in [7, 11) is -3.47. The second-order valence-electron chi connectivity index (χ2n) is 9.08. The van der Waals surface area contributed by atoms with Crippen molar-refractivity contribution in [2.24, 2.45) is 5.92 Å². The summed E-state index contributed by atoms with van der Waals surface area (Å²) in [5, 5.41) is 3.06. The molecule has 2 heterocycles. The monoisotopic (exact) mass is 464 g/mol. The number of carbonyl (C=O) groups excluding carboxylic acids is 1. The van der Waals surface area contributed by atoms with Crippen molar-refractivity contribution in [2.45, 2.75) is 58.8 Å². The Kier molecular flexibility index (Phi) is 9.37. The number of piperidine rings is 1. The topological polar surface area (TPSA) is 73.0 Å². The molecule has 3 rings (SSSR count). The van der Waals surface area contributed by atoms with Crippen molar-refractivity contribution in [1.29, 1.82) is 0 Å². The second-order valence-corrected chi connectivity index (χ2v) is 11.0. The van der Waals surface area contributed by atoms with E-state index in [-0.39, 0.29) is 11.8 Å². The Hall–Kier alpha value is -1.64. The standard InChI is InChI=1S/C24H40N4O3S/c1-3-26(23-13-8-11-21(2)19-23)15-10-14-25-24(29)22-12-9-18-28(20-22)32(30,31)27-16-6-4-5-7-17-27/h8,11,13,19,22H,3-7,9-10,12,14-18,20H2,1-2H3,(H,25,29). The van der Waals surface area contributed by atoms with E-state index < -0.39 is 10.2 Å². The number of hydrogen-bond donors (Lipinski definition) is 1. The average Bonchev–Trinajstić information content (AvgIpc) is 3.09. The number of rotatable bonds is 9. The summed E-state index contributed by atoms with van der Waals surface area (Å²) in [5.74, 6) is -0.274. The lowest BCUT2D eigenvalue weighted by Crippen LogP contribution is -2.50. The van der Waals surface area contributed by atoms with Gasteiger partial charge in [-0.05, 0) is 63.6 Å². The van der Waals surface area contributed by atoms with Crippen molar-refractivity contribution < 1.29 is 13.2 Å². The SMILES string of the molecule is CCN(CCCNC(=O)C1CCCN(S(=O)(=O)N2CCCCCC2)C1)c1cccc(C)c1. The van der Waals surface area contributed by atoms with Crippen LogP contribution in [0, 0.1) is 12.8 Å². The van der Waals surface area contributed by atoms with Crippen molar-refractivity contribution >= 4 is 21.8 Å². The summed E-state index contributed by atoms with van der Waals surface area (Å²) >= 11 is 0. The Balaban J connectivity index is 1.46. The smallest absolute Gasteiger partial charge is 0.281 e. The summed E-state index contributed by atoms with van der Waals surface area (Å²) in [5.41, 5.74) is 2.45. The largest absolute Gasteiger partial charge is 0.372 e. The molecule has 1 aromatic carbocycles. The van der Waals surface area contributed by atoms with Crippen molar-refractivity contribution in [3.8, 4) is 0 Å². The van der Waals surface area contributed by atoms with E-state index in [0.717, 1.165) is 58.0 Å². The highest BCUT2D eigenvalue weighted by atomic mass is 32.2. The molecule has 0 aromatic heterocycles. The van der Waals surface area contributed by atoms with Crippen LogP contribution < -0.4 is 10.2 Å². The predicted octanol–water partition coefficient (Wildman–Crippen LogP) is 3.16. The maximum Gasteiger partial charge on any atom is 0.281 e. The van der Waals surface area contributed by atoms with Gasteiger partial charge in [-0.15, -0.1) is 0 Å². The quantitative estimate of drug-likeness (QED) is 0.570. The Morgan fingerprint density at radius 2 is 1.81 bits per heavy atom. The molecule has 0 aliphatic carbocycles. The lowest BCUT2D eigenvalue weighted by Gasteiger charge is -2.34. The fourth-order valence-electron chi connectivity index (χ4n) is 4.72.